The van der Waals surface area contributed by atoms with Gasteiger partial charge in [0.2, 0.25) is 5.91 Å². The summed E-state index contributed by atoms with van der Waals surface area (Å²) in [6.45, 7) is 4.44. The molecule has 2 atom stereocenters. The second kappa shape index (κ2) is 17.6. The molecule has 45 heavy (non-hydrogen) atoms. The molecule has 2 heterocycles. The predicted molar refractivity (Wildman–Crippen MR) is 166 cm³/mol. The number of aryl methyl sites for hydroxylation is 1. The van der Waals surface area contributed by atoms with Gasteiger partial charge in [0.1, 0.15) is 18.4 Å². The summed E-state index contributed by atoms with van der Waals surface area (Å²) in [5.41, 5.74) is 5.14. The van der Waals surface area contributed by atoms with Crippen LogP contribution in [0.1, 0.15) is 34.5 Å². The van der Waals surface area contributed by atoms with E-state index in [2.05, 4.69) is 10.3 Å². The molecule has 1 aliphatic rings. The zero-order chi connectivity index (χ0) is 32.0. The van der Waals surface area contributed by atoms with E-state index in [-0.39, 0.29) is 44.4 Å². The first-order valence-corrected chi connectivity index (χ1v) is 15.6. The Labute approximate surface area is 265 Å². The van der Waals surface area contributed by atoms with E-state index < -0.39 is 18.1 Å². The van der Waals surface area contributed by atoms with Gasteiger partial charge < -0.3 is 39.4 Å². The maximum Gasteiger partial charge on any atom is 0.305 e. The number of β-amino-alcohol motifs (C(OH)–C–C–N with tert-alkyl or cyclic N) is 1. The molecule has 3 aromatic rings. The highest BCUT2D eigenvalue weighted by Crippen LogP contribution is 2.27. The van der Waals surface area contributed by atoms with Gasteiger partial charge in [0.15, 0.2) is 0 Å². The summed E-state index contributed by atoms with van der Waals surface area (Å²) in [7, 11) is 0. The third-order valence-corrected chi connectivity index (χ3v) is 8.03. The van der Waals surface area contributed by atoms with E-state index in [1.165, 1.54) is 4.90 Å². The Morgan fingerprint density at radius 2 is 1.67 bits per heavy atom. The molecule has 0 aliphatic carbocycles. The number of likely N-dealkylation sites (tertiary alicyclic amines) is 1. The second-order valence-electron chi connectivity index (χ2n) is 10.4. The Morgan fingerprint density at radius 3 is 2.33 bits per heavy atom. The number of hydrogen-bond acceptors (Lipinski definition) is 10. The molecule has 3 N–H and O–H groups in total. The molecule has 242 valence electrons. The molecule has 0 saturated carbocycles. The van der Waals surface area contributed by atoms with Crippen LogP contribution in [0.25, 0.3) is 10.4 Å². The van der Waals surface area contributed by atoms with Crippen molar-refractivity contribution in [2.24, 2.45) is 0 Å². The smallest absolute Gasteiger partial charge is 0.305 e. The molecular formula is C32H39N3O9S. The monoisotopic (exact) mass is 641 g/mol. The molecule has 1 saturated heterocycles. The lowest BCUT2D eigenvalue weighted by Crippen LogP contribution is -2.45. The first kappa shape index (κ1) is 34.0. The van der Waals surface area contributed by atoms with Crippen LogP contribution >= 0.6 is 11.3 Å². The van der Waals surface area contributed by atoms with E-state index in [0.717, 1.165) is 21.7 Å². The lowest BCUT2D eigenvalue weighted by atomic mass is 10.1. The van der Waals surface area contributed by atoms with Crippen LogP contribution in [0.5, 0.6) is 5.75 Å². The largest absolute Gasteiger partial charge is 0.491 e. The maximum atomic E-state index is 13.4. The summed E-state index contributed by atoms with van der Waals surface area (Å²) in [4.78, 5) is 43.8. The van der Waals surface area contributed by atoms with Crippen molar-refractivity contribution in [3.8, 4) is 16.2 Å². The van der Waals surface area contributed by atoms with E-state index in [0.29, 0.717) is 50.9 Å². The van der Waals surface area contributed by atoms with Gasteiger partial charge in [0, 0.05) is 25.1 Å². The summed E-state index contributed by atoms with van der Waals surface area (Å²) < 4.78 is 21.7. The number of nitrogens with zero attached hydrogens (tertiary/aromatic N) is 2. The SMILES string of the molecule is Cc1ncsc1-c1ccc(CNC(=O)C2CC(O)CN2C(=O)c2cccc(OCCOCCOCCOCCC(=O)O)c2)cc1. The van der Waals surface area contributed by atoms with Crippen molar-refractivity contribution in [2.45, 2.75) is 38.5 Å². The molecule has 0 radical (unpaired) electrons. The fraction of sp³-hybridized carbons (Fsp3) is 0.438. The van der Waals surface area contributed by atoms with Crippen LogP contribution in [0, 0.1) is 6.92 Å². The average molecular weight is 642 g/mol. The molecule has 12 nitrogen and oxygen atoms in total. The number of carboxylic acids is 1. The van der Waals surface area contributed by atoms with Crippen molar-refractivity contribution >= 4 is 29.1 Å². The predicted octanol–water partition coefficient (Wildman–Crippen LogP) is 2.91. The Bertz CT molecular complexity index is 1400. The summed E-state index contributed by atoms with van der Waals surface area (Å²) in [6, 6.07) is 13.8. The fourth-order valence-corrected chi connectivity index (χ4v) is 5.56. The van der Waals surface area contributed by atoms with Crippen molar-refractivity contribution in [3.05, 3.63) is 70.9 Å². The Morgan fingerprint density at radius 1 is 0.978 bits per heavy atom. The van der Waals surface area contributed by atoms with Gasteiger partial charge in [0.25, 0.3) is 5.91 Å². The number of aliphatic carboxylic acids is 1. The van der Waals surface area contributed by atoms with Gasteiger partial charge in [-0.3, -0.25) is 14.4 Å². The van der Waals surface area contributed by atoms with Gasteiger partial charge >= 0.3 is 5.97 Å². The van der Waals surface area contributed by atoms with Gasteiger partial charge in [0.05, 0.1) is 68.2 Å². The number of amides is 2. The number of thiazole rings is 1. The number of aliphatic hydroxyl groups is 1. The minimum Gasteiger partial charge on any atom is -0.491 e. The van der Waals surface area contributed by atoms with Crippen molar-refractivity contribution in [3.63, 3.8) is 0 Å². The number of aromatic nitrogens is 1. The summed E-state index contributed by atoms with van der Waals surface area (Å²) in [6.07, 6.45) is -0.669. The molecule has 0 bridgehead atoms. The van der Waals surface area contributed by atoms with Crippen molar-refractivity contribution in [1.29, 1.82) is 0 Å². The third-order valence-electron chi connectivity index (χ3n) is 7.05. The normalized spacial score (nSPS) is 16.1. The number of nitrogens with one attached hydrogen (secondary N) is 1. The maximum absolute atomic E-state index is 13.4. The fourth-order valence-electron chi connectivity index (χ4n) is 4.75. The van der Waals surface area contributed by atoms with Crippen LogP contribution in [0.4, 0.5) is 0 Å². The van der Waals surface area contributed by atoms with Crippen LogP contribution in [-0.2, 0) is 30.3 Å². The quantitative estimate of drug-likeness (QED) is 0.177. The van der Waals surface area contributed by atoms with Crippen LogP contribution in [0.15, 0.2) is 54.0 Å². The molecule has 0 spiro atoms. The van der Waals surface area contributed by atoms with Gasteiger partial charge in [-0.2, -0.15) is 0 Å². The molecule has 4 rings (SSSR count). The van der Waals surface area contributed by atoms with Gasteiger partial charge in [-0.25, -0.2) is 4.98 Å². The number of rotatable bonds is 18. The van der Waals surface area contributed by atoms with E-state index in [4.69, 9.17) is 24.1 Å². The number of carbonyl (C=O) groups excluding carboxylic acids is 2. The van der Waals surface area contributed by atoms with E-state index >= 15 is 0 Å². The van der Waals surface area contributed by atoms with Crippen LogP contribution in [0.3, 0.4) is 0 Å². The Kier molecular flexibility index (Phi) is 13.3. The standard InChI is InChI=1S/C32H39N3O9S/c1-22-30(45-21-34-22)24-7-5-23(6-8-24)19-33-31(39)28-18-26(36)20-35(28)32(40)25-3-2-4-27(17-25)44-16-15-43-14-13-42-12-11-41-10-9-29(37)38/h2-8,17,21,26,28,36H,9-16,18-20H2,1H3,(H,33,39)(H,37,38). The zero-order valence-corrected chi connectivity index (χ0v) is 26.0. The molecular weight excluding hydrogens is 602 g/mol. The third kappa shape index (κ3) is 10.6. The van der Waals surface area contributed by atoms with Crippen LogP contribution < -0.4 is 10.1 Å². The zero-order valence-electron chi connectivity index (χ0n) is 25.2. The number of carboxylic acid groups (broad SMARTS) is 1. The highest BCUT2D eigenvalue weighted by Gasteiger charge is 2.39. The number of ether oxygens (including phenoxy) is 4. The Hall–Kier alpha value is -3.88. The van der Waals surface area contributed by atoms with Crippen molar-refractivity contribution in [1.82, 2.24) is 15.2 Å². The van der Waals surface area contributed by atoms with Gasteiger partial charge in [-0.15, -0.1) is 11.3 Å². The minimum absolute atomic E-state index is 0.0369. The molecule has 13 heteroatoms. The first-order valence-electron chi connectivity index (χ1n) is 14.8. The number of aliphatic hydroxyl groups excluding tert-OH is 1. The van der Waals surface area contributed by atoms with Gasteiger partial charge in [-0.1, -0.05) is 30.3 Å². The first-order chi connectivity index (χ1) is 21.8. The molecule has 2 amide bonds. The summed E-state index contributed by atoms with van der Waals surface area (Å²) >= 11 is 1.58. The molecule has 1 fully saturated rings. The summed E-state index contributed by atoms with van der Waals surface area (Å²) in [5, 5.41) is 21.8. The number of benzene rings is 2. The highest BCUT2D eigenvalue weighted by molar-refractivity contribution is 7.13. The lowest BCUT2D eigenvalue weighted by Gasteiger charge is -2.24. The molecule has 2 unspecified atom stereocenters. The van der Waals surface area contributed by atoms with Crippen molar-refractivity contribution < 1.29 is 43.5 Å². The topological polar surface area (TPSA) is 157 Å². The van der Waals surface area contributed by atoms with E-state index in [1.807, 2.05) is 36.7 Å². The van der Waals surface area contributed by atoms with Crippen LogP contribution in [-0.4, -0.2) is 103 Å². The lowest BCUT2D eigenvalue weighted by molar-refractivity contribution is -0.138. The Balaban J connectivity index is 1.18. The van der Waals surface area contributed by atoms with E-state index in [9.17, 15) is 19.5 Å². The summed E-state index contributed by atoms with van der Waals surface area (Å²) in [5.74, 6) is -1.10. The van der Waals surface area contributed by atoms with Crippen LogP contribution in [0.2, 0.25) is 0 Å². The second-order valence-corrected chi connectivity index (χ2v) is 11.3. The van der Waals surface area contributed by atoms with Gasteiger partial charge in [-0.05, 0) is 36.2 Å². The molecule has 1 aromatic heterocycles. The van der Waals surface area contributed by atoms with E-state index in [1.54, 1.807) is 35.6 Å². The van der Waals surface area contributed by atoms with Crippen molar-refractivity contribution in [2.75, 3.05) is 52.8 Å². The average Bonchev–Trinajstić information content (AvgIpc) is 3.65. The number of carbonyl (C=O) groups is 3. The number of hydrogen-bond donors (Lipinski definition) is 3. The minimum atomic E-state index is -0.901. The molecule has 1 aliphatic heterocycles. The molecule has 2 aromatic carbocycles. The highest BCUT2D eigenvalue weighted by atomic mass is 32.1.